The molecule has 23 heteroatoms. The minimum absolute atomic E-state index is 0.0327. The molecule has 2 aromatic carbocycles. The van der Waals surface area contributed by atoms with Crippen LogP contribution in [0.4, 0.5) is 0 Å². The van der Waals surface area contributed by atoms with Crippen molar-refractivity contribution < 1.29 is 52.7 Å². The number of carbonyl (C=O) groups is 4. The number of halogens is 1. The number of thiophene rings is 1. The van der Waals surface area contributed by atoms with Crippen molar-refractivity contribution in [2.75, 3.05) is 79.2 Å². The fourth-order valence-corrected chi connectivity index (χ4v) is 11.4. The quantitative estimate of drug-likeness (QED) is 0.173. The number of hydrogen-bond donors (Lipinski definition) is 4. The lowest BCUT2D eigenvalue weighted by atomic mass is 9.85. The zero-order valence-electron chi connectivity index (χ0n) is 44.5. The Morgan fingerprint density at radius 3 is 2.25 bits per heavy atom. The molecule has 5 atom stereocenters. The number of aryl methyl sites for hydroxylation is 3. The summed E-state index contributed by atoms with van der Waals surface area (Å²) in [6, 6.07) is 9.96. The Balaban J connectivity index is 0.954. The van der Waals surface area contributed by atoms with Crippen molar-refractivity contribution in [3.8, 4) is 21.2 Å². The number of carbonyl (C=O) groups excluding carboxylic acids is 4. The summed E-state index contributed by atoms with van der Waals surface area (Å²) in [6.07, 6.45) is -0.944. The van der Waals surface area contributed by atoms with Crippen LogP contribution in [0, 0.1) is 33.1 Å². The van der Waals surface area contributed by atoms with E-state index < -0.39 is 53.4 Å². The van der Waals surface area contributed by atoms with Gasteiger partial charge in [0.25, 0.3) is 0 Å². The number of aromatic nitrogens is 4. The van der Waals surface area contributed by atoms with E-state index in [1.807, 2.05) is 81.7 Å². The first-order valence-corrected chi connectivity index (χ1v) is 27.8. The number of aliphatic imine (C=N–C) groups is 1. The van der Waals surface area contributed by atoms with Crippen LogP contribution in [0.3, 0.4) is 0 Å². The molecule has 8 rings (SSSR count). The number of amides is 4. The smallest absolute Gasteiger partial charge is 0.246 e. The lowest BCUT2D eigenvalue weighted by Gasteiger charge is -2.35. The highest BCUT2D eigenvalue weighted by Crippen LogP contribution is 2.40. The van der Waals surface area contributed by atoms with Gasteiger partial charge in [-0.1, -0.05) is 56.6 Å². The van der Waals surface area contributed by atoms with Crippen LogP contribution >= 0.6 is 34.3 Å². The van der Waals surface area contributed by atoms with Gasteiger partial charge in [0.05, 0.1) is 99.8 Å². The third kappa shape index (κ3) is 14.5. The first kappa shape index (κ1) is 57.5. The molecule has 4 N–H and O–H groups in total. The zero-order valence-corrected chi connectivity index (χ0v) is 46.9. The summed E-state index contributed by atoms with van der Waals surface area (Å²) in [4.78, 5) is 68.6. The molecule has 1 fully saturated rings. The fourth-order valence-electron chi connectivity index (χ4n) is 9.29. The van der Waals surface area contributed by atoms with E-state index in [9.17, 15) is 24.3 Å². The Hall–Kier alpha value is -5.69. The number of rotatable bonds is 5. The van der Waals surface area contributed by atoms with Gasteiger partial charge in [-0.3, -0.25) is 28.7 Å². The van der Waals surface area contributed by atoms with Crippen LogP contribution in [0.2, 0.25) is 5.02 Å². The second-order valence-corrected chi connectivity index (χ2v) is 22.7. The Labute approximate surface area is 461 Å². The van der Waals surface area contributed by atoms with Gasteiger partial charge >= 0.3 is 0 Å². The number of benzene rings is 2. The summed E-state index contributed by atoms with van der Waals surface area (Å²) in [5.41, 5.74) is 7.10. The van der Waals surface area contributed by atoms with Crippen LogP contribution in [0.1, 0.15) is 84.1 Å². The standard InChI is InChI=1S/C54H68ClN9O11S2/c1-31-33(3)77-53-46(31)47(35-10-12-38(55)13-11-35)59-41(50-62-61-34(4)64(50)53)24-44(66)58-39-27-72-17-14-70-16-19-74-29-45(67)60-49(54(5,6)7)52(69)63-26-40(65)23-42(63)51(68)56-25-37-9-8-36(48-32(2)57-30-76-48)22-43(37)75-21-20-71-15-18-73-28-39/h8-13,22,30,39-42,49,65H,14-21,23-29H2,1-7H3,(H,56,68)(H,58,66)(H,60,67). The third-order valence-corrected chi connectivity index (χ3v) is 15.8. The molecule has 6 heterocycles. The monoisotopic (exact) mass is 1120 g/mol. The Morgan fingerprint density at radius 1 is 0.883 bits per heavy atom. The lowest BCUT2D eigenvalue weighted by Crippen LogP contribution is -2.58. The molecule has 1 saturated heterocycles. The third-order valence-electron chi connectivity index (χ3n) is 13.4. The summed E-state index contributed by atoms with van der Waals surface area (Å²) in [5, 5.41) is 30.1. The molecular weight excluding hydrogens is 1050 g/mol. The Kier molecular flexibility index (Phi) is 19.6. The van der Waals surface area contributed by atoms with E-state index in [-0.39, 0.29) is 105 Å². The van der Waals surface area contributed by atoms with Crippen LogP contribution in [-0.2, 0) is 49.4 Å². The molecule has 414 valence electrons. The first-order valence-electron chi connectivity index (χ1n) is 25.7. The topological polar surface area (TPSA) is 239 Å². The van der Waals surface area contributed by atoms with E-state index in [1.165, 1.54) is 16.2 Å². The maximum absolute atomic E-state index is 14.2. The predicted molar refractivity (Wildman–Crippen MR) is 291 cm³/mol. The van der Waals surface area contributed by atoms with Gasteiger partial charge in [0.15, 0.2) is 5.82 Å². The van der Waals surface area contributed by atoms with Gasteiger partial charge in [0.2, 0.25) is 23.6 Å². The second-order valence-electron chi connectivity index (χ2n) is 20.2. The number of ether oxygens (including phenoxy) is 6. The highest BCUT2D eigenvalue weighted by Gasteiger charge is 2.44. The maximum atomic E-state index is 14.2. The highest BCUT2D eigenvalue weighted by atomic mass is 35.5. The van der Waals surface area contributed by atoms with E-state index in [0.717, 1.165) is 48.4 Å². The fraction of sp³-hybridized carbons (Fsp3) is 0.519. The van der Waals surface area contributed by atoms with Crippen molar-refractivity contribution in [2.45, 2.75) is 98.1 Å². The molecule has 0 aliphatic carbocycles. The first-order chi connectivity index (χ1) is 37.0. The maximum Gasteiger partial charge on any atom is 0.246 e. The molecule has 0 saturated carbocycles. The summed E-state index contributed by atoms with van der Waals surface area (Å²) in [7, 11) is 0. The molecule has 3 aliphatic heterocycles. The van der Waals surface area contributed by atoms with Crippen molar-refractivity contribution >= 4 is 63.6 Å². The van der Waals surface area contributed by atoms with Gasteiger partial charge in [0.1, 0.15) is 47.9 Å². The summed E-state index contributed by atoms with van der Waals surface area (Å²) in [6.45, 7) is 14.7. The highest BCUT2D eigenvalue weighted by molar-refractivity contribution is 7.15. The lowest BCUT2D eigenvalue weighted by molar-refractivity contribution is -0.144. The Bertz CT molecular complexity index is 2900. The van der Waals surface area contributed by atoms with Crippen molar-refractivity contribution in [3.63, 3.8) is 0 Å². The molecule has 0 bridgehead atoms. The number of aliphatic hydroxyl groups is 1. The van der Waals surface area contributed by atoms with E-state index in [2.05, 4.69) is 45.0 Å². The molecule has 4 amide bonds. The van der Waals surface area contributed by atoms with Crippen LogP contribution in [0.15, 0.2) is 53.0 Å². The number of nitrogens with one attached hydrogen (secondary N) is 3. The van der Waals surface area contributed by atoms with E-state index in [0.29, 0.717) is 28.0 Å². The van der Waals surface area contributed by atoms with Gasteiger partial charge in [-0.15, -0.1) is 32.9 Å². The molecule has 20 nitrogen and oxygen atoms in total. The number of aliphatic hydroxyl groups excluding tert-OH is 1. The van der Waals surface area contributed by atoms with Crippen LogP contribution in [0.25, 0.3) is 15.4 Å². The molecular formula is C54H68ClN9O11S2. The largest absolute Gasteiger partial charge is 0.491 e. The van der Waals surface area contributed by atoms with Gasteiger partial charge < -0.3 is 54.4 Å². The molecule has 0 radical (unpaired) electrons. The number of fused-ring (bicyclic) bond motifs is 5. The van der Waals surface area contributed by atoms with Crippen LogP contribution < -0.4 is 20.7 Å². The summed E-state index contributed by atoms with van der Waals surface area (Å²) < 4.78 is 37.7. The Morgan fingerprint density at radius 2 is 1.56 bits per heavy atom. The summed E-state index contributed by atoms with van der Waals surface area (Å²) in [5.74, 6) is -0.00892. The number of nitrogens with zero attached hydrogens (tertiary/aromatic N) is 6. The van der Waals surface area contributed by atoms with Crippen LogP contribution in [0.5, 0.6) is 5.75 Å². The van der Waals surface area contributed by atoms with Gasteiger partial charge in [-0.25, -0.2) is 4.98 Å². The second kappa shape index (κ2) is 26.3. The normalized spacial score (nSPS) is 22.3. The molecule has 5 aromatic rings. The average molecular weight is 1120 g/mol. The zero-order chi connectivity index (χ0) is 54.8. The van der Waals surface area contributed by atoms with Gasteiger partial charge in [0, 0.05) is 46.1 Å². The van der Waals surface area contributed by atoms with Crippen molar-refractivity contribution in [1.82, 2.24) is 40.6 Å². The van der Waals surface area contributed by atoms with Crippen LogP contribution in [-0.4, -0.2) is 163 Å². The predicted octanol–water partition coefficient (Wildman–Crippen LogP) is 5.39. The molecule has 0 spiro atoms. The minimum Gasteiger partial charge on any atom is -0.491 e. The number of thiazole rings is 1. The van der Waals surface area contributed by atoms with Gasteiger partial charge in [-0.05, 0) is 62.4 Å². The van der Waals surface area contributed by atoms with Crippen molar-refractivity contribution in [1.29, 1.82) is 0 Å². The number of hydrogen-bond acceptors (Lipinski definition) is 17. The molecule has 5 unspecified atom stereocenters. The van der Waals surface area contributed by atoms with E-state index in [4.69, 9.17) is 45.0 Å². The molecule has 3 aromatic heterocycles. The van der Waals surface area contributed by atoms with E-state index in [1.54, 1.807) is 16.8 Å². The summed E-state index contributed by atoms with van der Waals surface area (Å²) >= 11 is 9.45. The average Bonchev–Trinajstić information content (AvgIpc) is 4.16. The van der Waals surface area contributed by atoms with Gasteiger partial charge in [-0.2, -0.15) is 0 Å². The van der Waals surface area contributed by atoms with E-state index >= 15 is 0 Å². The van der Waals surface area contributed by atoms with Crippen molar-refractivity contribution in [2.24, 2.45) is 10.4 Å². The minimum atomic E-state index is -1.03. The van der Waals surface area contributed by atoms with Crippen molar-refractivity contribution in [3.05, 3.63) is 97.5 Å². The SMILES string of the molecule is Cc1ncsc1-c1ccc2c(c1)OCCOCCOCC(NC(=O)CC1N=C(c3ccc(Cl)cc3)c3c(sc(C)c3C)-n3c(C)nnc31)COCCOCCOCC(=O)NC(C(C)(C)C)C(=O)N1CC(O)CC1C(=O)NC2. The molecule has 3 aliphatic rings. The molecule has 77 heavy (non-hydrogen) atoms.